The Hall–Kier alpha value is -3.14. The third-order valence-corrected chi connectivity index (χ3v) is 6.41. The van der Waals surface area contributed by atoms with Crippen LogP contribution in [-0.4, -0.2) is 25.2 Å². The molecule has 2 aliphatic carbocycles. The molecule has 0 aromatic rings. The van der Waals surface area contributed by atoms with Crippen molar-refractivity contribution in [1.29, 1.82) is 5.41 Å². The molecule has 3 N–H and O–H groups in total. The Kier molecular flexibility index (Phi) is 11.9. The Morgan fingerprint density at radius 3 is 2.62 bits per heavy atom. The standard InChI is InChI=1S/C30H41N3O/c1-5-24(18-19-26(6-2)34-22-23-14-10-8-9-11-15-23)28(27(7-3)30(31)32)20-21-29(33-4)25-16-12-13-17-25/h6,8-10,14-15,18-21,25,29H,2,4-5,7,11-13,16-17,22H2,1,3H3,(H3,31,32)/b21-20?,24-18+,26-19+,28-27-. The van der Waals surface area contributed by atoms with E-state index in [9.17, 15) is 0 Å². The highest BCUT2D eigenvalue weighted by molar-refractivity contribution is 5.96. The minimum absolute atomic E-state index is 0.0960. The lowest BCUT2D eigenvalue weighted by Crippen LogP contribution is -2.16. The summed E-state index contributed by atoms with van der Waals surface area (Å²) < 4.78 is 6.01. The van der Waals surface area contributed by atoms with Crippen LogP contribution >= 0.6 is 0 Å². The average Bonchev–Trinajstić information content (AvgIpc) is 3.24. The maximum atomic E-state index is 8.15. The molecular weight excluding hydrogens is 418 g/mol. The average molecular weight is 460 g/mol. The Morgan fingerprint density at radius 2 is 2.00 bits per heavy atom. The van der Waals surface area contributed by atoms with Crippen molar-refractivity contribution in [1.82, 2.24) is 0 Å². The van der Waals surface area contributed by atoms with Gasteiger partial charge in [0.1, 0.15) is 18.2 Å². The second-order valence-electron chi connectivity index (χ2n) is 8.65. The van der Waals surface area contributed by atoms with Gasteiger partial charge in [-0.25, -0.2) is 0 Å². The Morgan fingerprint density at radius 1 is 1.24 bits per heavy atom. The van der Waals surface area contributed by atoms with Gasteiger partial charge in [-0.3, -0.25) is 10.4 Å². The summed E-state index contributed by atoms with van der Waals surface area (Å²) in [5.41, 5.74) is 10.0. The van der Waals surface area contributed by atoms with E-state index in [1.807, 2.05) is 25.2 Å². The lowest BCUT2D eigenvalue weighted by molar-refractivity contribution is 0.256. The van der Waals surface area contributed by atoms with Crippen molar-refractivity contribution in [3.05, 3.63) is 95.4 Å². The molecule has 1 fully saturated rings. The fourth-order valence-electron chi connectivity index (χ4n) is 4.44. The van der Waals surface area contributed by atoms with E-state index in [-0.39, 0.29) is 11.9 Å². The summed E-state index contributed by atoms with van der Waals surface area (Å²) in [6.45, 7) is 12.4. The molecule has 4 heteroatoms. The molecule has 0 aromatic carbocycles. The molecule has 0 spiro atoms. The zero-order valence-electron chi connectivity index (χ0n) is 20.9. The van der Waals surface area contributed by atoms with Gasteiger partial charge in [-0.05, 0) is 73.6 Å². The number of hydrogen-bond acceptors (Lipinski definition) is 3. The highest BCUT2D eigenvalue weighted by Gasteiger charge is 2.22. The van der Waals surface area contributed by atoms with Gasteiger partial charge in [-0.1, -0.05) is 81.9 Å². The van der Waals surface area contributed by atoms with Gasteiger partial charge in [-0.15, -0.1) is 0 Å². The molecule has 34 heavy (non-hydrogen) atoms. The molecule has 2 aliphatic rings. The van der Waals surface area contributed by atoms with E-state index in [1.54, 1.807) is 6.08 Å². The normalized spacial score (nSPS) is 18.9. The van der Waals surface area contributed by atoms with Crippen LogP contribution in [0.3, 0.4) is 0 Å². The lowest BCUT2D eigenvalue weighted by atomic mass is 9.92. The van der Waals surface area contributed by atoms with Crippen LogP contribution in [0.25, 0.3) is 0 Å². The number of hydrogen-bond donors (Lipinski definition) is 2. The van der Waals surface area contributed by atoms with Crippen LogP contribution in [0.5, 0.6) is 0 Å². The predicted octanol–water partition coefficient (Wildman–Crippen LogP) is 7.31. The van der Waals surface area contributed by atoms with Gasteiger partial charge in [0.25, 0.3) is 0 Å². The van der Waals surface area contributed by atoms with Crippen LogP contribution in [0.15, 0.2) is 100 Å². The SMILES string of the molecule is C=C\C(=C/C=C(CC)/C(C=CC(N=C)C1CCCC1)=C(/CC)C(=N)N)OCC1=CCC=CC=C1. The molecule has 1 saturated carbocycles. The number of nitrogens with two attached hydrogens (primary N) is 1. The first-order valence-electron chi connectivity index (χ1n) is 12.4. The summed E-state index contributed by atoms with van der Waals surface area (Å²) in [4.78, 5) is 4.40. The van der Waals surface area contributed by atoms with Gasteiger partial charge < -0.3 is 10.5 Å². The van der Waals surface area contributed by atoms with Crippen molar-refractivity contribution >= 4 is 12.6 Å². The second-order valence-corrected chi connectivity index (χ2v) is 8.65. The fourth-order valence-corrected chi connectivity index (χ4v) is 4.44. The van der Waals surface area contributed by atoms with Crippen molar-refractivity contribution < 1.29 is 4.74 Å². The minimum Gasteiger partial charge on any atom is -0.489 e. The van der Waals surface area contributed by atoms with E-state index < -0.39 is 0 Å². The highest BCUT2D eigenvalue weighted by Crippen LogP contribution is 2.31. The van der Waals surface area contributed by atoms with Crippen molar-refractivity contribution in [2.45, 2.75) is 64.8 Å². The van der Waals surface area contributed by atoms with Crippen LogP contribution < -0.4 is 5.73 Å². The number of nitrogens with zero attached hydrogens (tertiary/aromatic N) is 1. The van der Waals surface area contributed by atoms with Gasteiger partial charge in [0.2, 0.25) is 0 Å². The topological polar surface area (TPSA) is 71.5 Å². The van der Waals surface area contributed by atoms with Gasteiger partial charge >= 0.3 is 0 Å². The molecule has 0 saturated heterocycles. The molecule has 182 valence electrons. The minimum atomic E-state index is 0.0960. The van der Waals surface area contributed by atoms with Crippen LogP contribution in [0, 0.1) is 11.3 Å². The van der Waals surface area contributed by atoms with Crippen LogP contribution in [0.1, 0.15) is 58.8 Å². The largest absolute Gasteiger partial charge is 0.489 e. The predicted molar refractivity (Wildman–Crippen MR) is 147 cm³/mol. The molecule has 0 amide bonds. The Balaban J connectivity index is 2.31. The zero-order valence-corrected chi connectivity index (χ0v) is 20.9. The first-order valence-corrected chi connectivity index (χ1v) is 12.4. The summed E-state index contributed by atoms with van der Waals surface area (Å²) in [6, 6.07) is 0.0960. The van der Waals surface area contributed by atoms with E-state index in [2.05, 4.69) is 61.7 Å². The first-order chi connectivity index (χ1) is 16.5. The van der Waals surface area contributed by atoms with Crippen molar-refractivity contribution in [3.63, 3.8) is 0 Å². The van der Waals surface area contributed by atoms with Crippen LogP contribution in [-0.2, 0) is 4.74 Å². The van der Waals surface area contributed by atoms with E-state index in [1.165, 1.54) is 25.7 Å². The molecule has 1 atom stereocenters. The summed E-state index contributed by atoms with van der Waals surface area (Å²) in [7, 11) is 0. The second kappa shape index (κ2) is 14.9. The lowest BCUT2D eigenvalue weighted by Gasteiger charge is -2.17. The molecule has 0 aliphatic heterocycles. The number of rotatable bonds is 13. The van der Waals surface area contributed by atoms with Gasteiger partial charge in [0, 0.05) is 5.57 Å². The zero-order chi connectivity index (χ0) is 24.8. The molecule has 0 aromatic heterocycles. The Bertz CT molecular complexity index is 934. The van der Waals surface area contributed by atoms with E-state index >= 15 is 0 Å². The Labute approximate surface area is 206 Å². The number of allylic oxidation sites excluding steroid dienone is 10. The first kappa shape index (κ1) is 27.1. The molecular formula is C30H41N3O. The van der Waals surface area contributed by atoms with E-state index in [0.29, 0.717) is 24.7 Å². The molecule has 4 nitrogen and oxygen atoms in total. The van der Waals surface area contributed by atoms with Crippen molar-refractivity contribution in [2.75, 3.05) is 6.61 Å². The number of aliphatic imine (C=N–C) groups is 1. The fraction of sp³-hybridized carbons (Fsp3) is 0.400. The molecule has 1 unspecified atom stereocenters. The number of nitrogens with one attached hydrogen (secondary N) is 1. The molecule has 2 rings (SSSR count). The smallest absolute Gasteiger partial charge is 0.119 e. The molecule has 0 bridgehead atoms. The van der Waals surface area contributed by atoms with Crippen molar-refractivity contribution in [2.24, 2.45) is 16.6 Å². The third-order valence-electron chi connectivity index (χ3n) is 6.41. The van der Waals surface area contributed by atoms with E-state index in [4.69, 9.17) is 15.9 Å². The van der Waals surface area contributed by atoms with E-state index in [0.717, 1.165) is 35.1 Å². The highest BCUT2D eigenvalue weighted by atomic mass is 16.5. The quantitative estimate of drug-likeness (QED) is 0.131. The van der Waals surface area contributed by atoms with Crippen LogP contribution in [0.2, 0.25) is 0 Å². The van der Waals surface area contributed by atoms with Crippen molar-refractivity contribution in [3.8, 4) is 0 Å². The molecule has 0 heterocycles. The number of ether oxygens (including phenoxy) is 1. The maximum Gasteiger partial charge on any atom is 0.119 e. The summed E-state index contributed by atoms with van der Waals surface area (Å²) in [5, 5.41) is 8.15. The maximum absolute atomic E-state index is 8.15. The summed E-state index contributed by atoms with van der Waals surface area (Å²) in [5.74, 6) is 1.36. The van der Waals surface area contributed by atoms with Gasteiger partial charge in [0.15, 0.2) is 0 Å². The summed E-state index contributed by atoms with van der Waals surface area (Å²) in [6.07, 6.45) is 27.7. The molecule has 0 radical (unpaired) electrons. The van der Waals surface area contributed by atoms with Gasteiger partial charge in [-0.2, -0.15) is 0 Å². The third kappa shape index (κ3) is 8.33. The monoisotopic (exact) mass is 459 g/mol. The number of amidine groups is 1. The van der Waals surface area contributed by atoms with Crippen LogP contribution in [0.4, 0.5) is 0 Å². The summed E-state index contributed by atoms with van der Waals surface area (Å²) >= 11 is 0. The van der Waals surface area contributed by atoms with Gasteiger partial charge in [0.05, 0.1) is 6.04 Å².